The Hall–Kier alpha value is -1.33. The first kappa shape index (κ1) is 13.6. The zero-order valence-electron chi connectivity index (χ0n) is 11.9. The Bertz CT molecular complexity index is 568. The van der Waals surface area contributed by atoms with Crippen LogP contribution in [0.1, 0.15) is 31.3 Å². The molecular formula is C15H20N4S. The Kier molecular flexibility index (Phi) is 3.81. The number of benzene rings is 1. The van der Waals surface area contributed by atoms with Crippen LogP contribution >= 0.6 is 11.8 Å². The predicted octanol–water partition coefficient (Wildman–Crippen LogP) is 2.45. The maximum absolute atomic E-state index is 6.42. The standard InChI is InChI=1S/C15H20N4S/c1-10(2)19-15(17-9-18-19)8-12(16)14-7-11-5-3-4-6-13(11)20-14/h3-6,9-10,12,14H,7-8,16H2,1-2H3. The summed E-state index contributed by atoms with van der Waals surface area (Å²) >= 11 is 1.90. The van der Waals surface area contributed by atoms with E-state index in [-0.39, 0.29) is 6.04 Å². The largest absolute Gasteiger partial charge is 0.326 e. The average molecular weight is 288 g/mol. The van der Waals surface area contributed by atoms with Crippen molar-refractivity contribution >= 4 is 11.8 Å². The molecule has 20 heavy (non-hydrogen) atoms. The van der Waals surface area contributed by atoms with Gasteiger partial charge in [0.2, 0.25) is 0 Å². The van der Waals surface area contributed by atoms with Crippen molar-refractivity contribution in [1.29, 1.82) is 0 Å². The van der Waals surface area contributed by atoms with Crippen LogP contribution in [-0.2, 0) is 12.8 Å². The second-order valence-electron chi connectivity index (χ2n) is 5.55. The third-order valence-electron chi connectivity index (χ3n) is 3.70. The van der Waals surface area contributed by atoms with Gasteiger partial charge in [-0.25, -0.2) is 9.67 Å². The Morgan fingerprint density at radius 3 is 2.95 bits per heavy atom. The normalized spacial score (nSPS) is 19.3. The summed E-state index contributed by atoms with van der Waals surface area (Å²) in [7, 11) is 0. The van der Waals surface area contributed by atoms with Gasteiger partial charge in [0.15, 0.2) is 0 Å². The molecule has 0 aliphatic carbocycles. The molecule has 106 valence electrons. The molecule has 5 heteroatoms. The summed E-state index contributed by atoms with van der Waals surface area (Å²) in [6.07, 6.45) is 3.46. The van der Waals surface area contributed by atoms with Crippen LogP contribution in [0.4, 0.5) is 0 Å². The monoisotopic (exact) mass is 288 g/mol. The highest BCUT2D eigenvalue weighted by molar-refractivity contribution is 8.00. The fourth-order valence-corrected chi connectivity index (χ4v) is 3.96. The minimum Gasteiger partial charge on any atom is -0.326 e. The Morgan fingerprint density at radius 1 is 1.40 bits per heavy atom. The van der Waals surface area contributed by atoms with Crippen molar-refractivity contribution in [2.75, 3.05) is 0 Å². The van der Waals surface area contributed by atoms with Crippen molar-refractivity contribution in [3.05, 3.63) is 42.0 Å². The van der Waals surface area contributed by atoms with Gasteiger partial charge < -0.3 is 5.73 Å². The van der Waals surface area contributed by atoms with Gasteiger partial charge in [-0.1, -0.05) is 18.2 Å². The number of rotatable bonds is 4. The highest BCUT2D eigenvalue weighted by Gasteiger charge is 2.28. The van der Waals surface area contributed by atoms with Crippen LogP contribution in [0.15, 0.2) is 35.5 Å². The van der Waals surface area contributed by atoms with Gasteiger partial charge in [0, 0.05) is 28.6 Å². The molecule has 2 unspecified atom stereocenters. The van der Waals surface area contributed by atoms with Crippen molar-refractivity contribution in [1.82, 2.24) is 14.8 Å². The van der Waals surface area contributed by atoms with Gasteiger partial charge in [-0.15, -0.1) is 11.8 Å². The summed E-state index contributed by atoms with van der Waals surface area (Å²) in [6, 6.07) is 9.01. The SMILES string of the molecule is CC(C)n1ncnc1CC(N)C1Cc2ccccc2S1. The lowest BCUT2D eigenvalue weighted by Gasteiger charge is -2.18. The van der Waals surface area contributed by atoms with E-state index < -0.39 is 0 Å². The van der Waals surface area contributed by atoms with E-state index in [9.17, 15) is 0 Å². The van der Waals surface area contributed by atoms with Crippen LogP contribution in [0.25, 0.3) is 0 Å². The second kappa shape index (κ2) is 5.58. The average Bonchev–Trinajstić information content (AvgIpc) is 3.03. The highest BCUT2D eigenvalue weighted by Crippen LogP contribution is 2.38. The van der Waals surface area contributed by atoms with Gasteiger partial charge in [-0.05, 0) is 31.9 Å². The van der Waals surface area contributed by atoms with Crippen molar-refractivity contribution in [3.63, 3.8) is 0 Å². The maximum atomic E-state index is 6.42. The molecule has 2 N–H and O–H groups in total. The van der Waals surface area contributed by atoms with E-state index in [0.717, 1.165) is 18.7 Å². The first-order chi connectivity index (χ1) is 9.65. The van der Waals surface area contributed by atoms with Crippen molar-refractivity contribution in [3.8, 4) is 0 Å². The van der Waals surface area contributed by atoms with Crippen molar-refractivity contribution < 1.29 is 0 Å². The van der Waals surface area contributed by atoms with Gasteiger partial charge in [-0.3, -0.25) is 0 Å². The van der Waals surface area contributed by atoms with Crippen molar-refractivity contribution in [2.24, 2.45) is 5.73 Å². The summed E-state index contributed by atoms with van der Waals surface area (Å²) in [5.74, 6) is 0.990. The molecule has 3 rings (SSSR count). The first-order valence-corrected chi connectivity index (χ1v) is 7.91. The molecule has 0 saturated heterocycles. The molecule has 0 spiro atoms. The topological polar surface area (TPSA) is 56.7 Å². The summed E-state index contributed by atoms with van der Waals surface area (Å²) < 4.78 is 1.96. The van der Waals surface area contributed by atoms with Gasteiger partial charge in [0.05, 0.1) is 0 Å². The third kappa shape index (κ3) is 2.60. The molecule has 1 aromatic heterocycles. The number of hydrogen-bond acceptors (Lipinski definition) is 4. The third-order valence-corrected chi connectivity index (χ3v) is 5.18. The molecule has 1 aliphatic rings. The van der Waals surface area contributed by atoms with Gasteiger partial charge in [0.1, 0.15) is 12.2 Å². The summed E-state index contributed by atoms with van der Waals surface area (Å²) in [5.41, 5.74) is 7.84. The lowest BCUT2D eigenvalue weighted by Crippen LogP contribution is -2.35. The zero-order chi connectivity index (χ0) is 14.1. The van der Waals surface area contributed by atoms with Crippen molar-refractivity contribution in [2.45, 2.75) is 48.9 Å². The van der Waals surface area contributed by atoms with E-state index in [2.05, 4.69) is 48.2 Å². The maximum Gasteiger partial charge on any atom is 0.138 e. The van der Waals surface area contributed by atoms with E-state index in [4.69, 9.17) is 5.73 Å². The molecule has 1 aromatic carbocycles. The van der Waals surface area contributed by atoms with E-state index in [0.29, 0.717) is 11.3 Å². The van der Waals surface area contributed by atoms with E-state index >= 15 is 0 Å². The van der Waals surface area contributed by atoms with Crippen LogP contribution in [0.5, 0.6) is 0 Å². The van der Waals surface area contributed by atoms with Crippen LogP contribution in [-0.4, -0.2) is 26.1 Å². The zero-order valence-corrected chi connectivity index (χ0v) is 12.7. The molecule has 2 atom stereocenters. The Morgan fingerprint density at radius 2 is 2.20 bits per heavy atom. The smallest absolute Gasteiger partial charge is 0.138 e. The molecule has 0 fully saturated rings. The lowest BCUT2D eigenvalue weighted by atomic mass is 10.0. The Balaban J connectivity index is 1.69. The summed E-state index contributed by atoms with van der Waals surface area (Å²) in [5, 5.41) is 4.71. The van der Waals surface area contributed by atoms with E-state index in [1.165, 1.54) is 10.5 Å². The van der Waals surface area contributed by atoms with Crippen LogP contribution in [0.2, 0.25) is 0 Å². The second-order valence-corrected chi connectivity index (χ2v) is 6.83. The van der Waals surface area contributed by atoms with E-state index in [1.807, 2.05) is 16.4 Å². The van der Waals surface area contributed by atoms with E-state index in [1.54, 1.807) is 6.33 Å². The quantitative estimate of drug-likeness (QED) is 0.939. The van der Waals surface area contributed by atoms with Crippen LogP contribution in [0, 0.1) is 0 Å². The summed E-state index contributed by atoms with van der Waals surface area (Å²) in [6.45, 7) is 4.23. The molecular weight excluding hydrogens is 268 g/mol. The molecule has 2 heterocycles. The lowest BCUT2D eigenvalue weighted by molar-refractivity contribution is 0.487. The first-order valence-electron chi connectivity index (χ1n) is 7.03. The molecule has 0 radical (unpaired) electrons. The molecule has 0 saturated carbocycles. The minimum absolute atomic E-state index is 0.106. The van der Waals surface area contributed by atoms with Gasteiger partial charge in [-0.2, -0.15) is 5.10 Å². The number of nitrogens with zero attached hydrogens (tertiary/aromatic N) is 3. The number of nitrogens with two attached hydrogens (primary N) is 1. The molecule has 4 nitrogen and oxygen atoms in total. The number of fused-ring (bicyclic) bond motifs is 1. The Labute approximate surface area is 123 Å². The number of aromatic nitrogens is 3. The molecule has 0 amide bonds. The van der Waals surface area contributed by atoms with Crippen LogP contribution < -0.4 is 5.73 Å². The van der Waals surface area contributed by atoms with Gasteiger partial charge in [0.25, 0.3) is 0 Å². The predicted molar refractivity (Wildman–Crippen MR) is 81.9 cm³/mol. The number of thioether (sulfide) groups is 1. The fourth-order valence-electron chi connectivity index (χ4n) is 2.64. The highest BCUT2D eigenvalue weighted by atomic mass is 32.2. The minimum atomic E-state index is 0.106. The fraction of sp³-hybridized carbons (Fsp3) is 0.467. The summed E-state index contributed by atoms with van der Waals surface area (Å²) in [4.78, 5) is 5.73. The molecule has 2 aromatic rings. The molecule has 1 aliphatic heterocycles. The molecule has 0 bridgehead atoms. The van der Waals surface area contributed by atoms with Crippen LogP contribution in [0.3, 0.4) is 0 Å². The number of hydrogen-bond donors (Lipinski definition) is 1. The van der Waals surface area contributed by atoms with Gasteiger partial charge >= 0.3 is 0 Å².